The molecule has 0 aliphatic carbocycles. The Morgan fingerprint density at radius 1 is 1.17 bits per heavy atom. The van der Waals surface area contributed by atoms with Gasteiger partial charge >= 0.3 is 0 Å². The van der Waals surface area contributed by atoms with Crippen LogP contribution in [0.25, 0.3) is 0 Å². The van der Waals surface area contributed by atoms with E-state index in [0.717, 1.165) is 49.8 Å². The summed E-state index contributed by atoms with van der Waals surface area (Å²) in [7, 11) is 3.37. The Balaban J connectivity index is 2.15. The first-order valence-corrected chi connectivity index (χ1v) is 6.39. The summed E-state index contributed by atoms with van der Waals surface area (Å²) in [6, 6.07) is 4.26. The van der Waals surface area contributed by atoms with Gasteiger partial charge in [-0.1, -0.05) is 6.07 Å². The number of ether oxygens (including phenoxy) is 2. The molecule has 1 heterocycles. The van der Waals surface area contributed by atoms with Gasteiger partial charge in [0, 0.05) is 32.7 Å². The fourth-order valence-corrected chi connectivity index (χ4v) is 2.45. The van der Waals surface area contributed by atoms with Crippen LogP contribution in [0.15, 0.2) is 12.1 Å². The van der Waals surface area contributed by atoms with E-state index in [1.807, 2.05) is 0 Å². The molecule has 0 saturated carbocycles. The zero-order valence-corrected chi connectivity index (χ0v) is 11.5. The summed E-state index contributed by atoms with van der Waals surface area (Å²) in [5.74, 6) is 1.66. The maximum Gasteiger partial charge on any atom is 0.163 e. The number of nitrogens with one attached hydrogen (secondary N) is 1. The topological polar surface area (TPSA) is 33.7 Å². The monoisotopic (exact) mass is 250 g/mol. The van der Waals surface area contributed by atoms with E-state index in [2.05, 4.69) is 29.3 Å². The predicted octanol–water partition coefficient (Wildman–Crippen LogP) is 1.42. The molecule has 0 radical (unpaired) electrons. The van der Waals surface area contributed by atoms with Crippen molar-refractivity contribution in [2.24, 2.45) is 0 Å². The molecule has 100 valence electrons. The van der Waals surface area contributed by atoms with Gasteiger partial charge in [-0.3, -0.25) is 4.90 Å². The number of benzene rings is 1. The largest absolute Gasteiger partial charge is 0.493 e. The summed E-state index contributed by atoms with van der Waals surface area (Å²) in [5.41, 5.74) is 2.41. The highest BCUT2D eigenvalue weighted by atomic mass is 16.5. The van der Waals surface area contributed by atoms with Crippen molar-refractivity contribution in [1.82, 2.24) is 10.2 Å². The Morgan fingerprint density at radius 2 is 1.89 bits per heavy atom. The summed E-state index contributed by atoms with van der Waals surface area (Å²) < 4.78 is 10.8. The molecule has 1 aromatic carbocycles. The molecule has 1 fully saturated rings. The molecule has 0 amide bonds. The Bertz CT molecular complexity index is 401. The average molecular weight is 250 g/mol. The summed E-state index contributed by atoms with van der Waals surface area (Å²) in [6.07, 6.45) is 0. The van der Waals surface area contributed by atoms with Crippen LogP contribution >= 0.6 is 0 Å². The van der Waals surface area contributed by atoms with Crippen molar-refractivity contribution in [2.75, 3.05) is 40.4 Å². The quantitative estimate of drug-likeness (QED) is 0.876. The fraction of sp³-hybridized carbons (Fsp3) is 0.571. The third-order valence-electron chi connectivity index (χ3n) is 3.34. The molecule has 4 heteroatoms. The molecule has 1 aliphatic rings. The van der Waals surface area contributed by atoms with Crippen molar-refractivity contribution in [3.8, 4) is 11.5 Å². The number of hydrogen-bond donors (Lipinski definition) is 1. The first-order valence-electron chi connectivity index (χ1n) is 6.39. The maximum atomic E-state index is 5.39. The van der Waals surface area contributed by atoms with E-state index in [0.29, 0.717) is 0 Å². The summed E-state index contributed by atoms with van der Waals surface area (Å²) in [4.78, 5) is 2.46. The standard InChI is InChI=1S/C14H22N2O2/c1-11-8-12(9-13(17-2)14(11)18-3)10-16-6-4-15-5-7-16/h8-9,15H,4-7,10H2,1-3H3. The van der Waals surface area contributed by atoms with E-state index in [4.69, 9.17) is 9.47 Å². The van der Waals surface area contributed by atoms with E-state index in [-0.39, 0.29) is 0 Å². The summed E-state index contributed by atoms with van der Waals surface area (Å²) in [6.45, 7) is 7.39. The highest BCUT2D eigenvalue weighted by Gasteiger charge is 2.13. The van der Waals surface area contributed by atoms with Crippen molar-refractivity contribution >= 4 is 0 Å². The van der Waals surface area contributed by atoms with Crippen LogP contribution in [0.3, 0.4) is 0 Å². The number of aryl methyl sites for hydroxylation is 1. The van der Waals surface area contributed by atoms with Gasteiger partial charge < -0.3 is 14.8 Å². The molecule has 1 aliphatic heterocycles. The molecule has 18 heavy (non-hydrogen) atoms. The first kappa shape index (κ1) is 13.2. The van der Waals surface area contributed by atoms with Crippen LogP contribution in [-0.2, 0) is 6.54 Å². The number of rotatable bonds is 4. The van der Waals surface area contributed by atoms with Gasteiger partial charge in [0.05, 0.1) is 14.2 Å². The lowest BCUT2D eigenvalue weighted by Gasteiger charge is -2.27. The lowest BCUT2D eigenvalue weighted by atomic mass is 10.1. The van der Waals surface area contributed by atoms with Crippen LogP contribution in [0.5, 0.6) is 11.5 Å². The van der Waals surface area contributed by atoms with Gasteiger partial charge in [0.1, 0.15) is 0 Å². The van der Waals surface area contributed by atoms with Gasteiger partial charge in [0.2, 0.25) is 0 Å². The van der Waals surface area contributed by atoms with Crippen molar-refractivity contribution < 1.29 is 9.47 Å². The number of nitrogens with zero attached hydrogens (tertiary/aromatic N) is 1. The minimum Gasteiger partial charge on any atom is -0.493 e. The third kappa shape index (κ3) is 2.94. The summed E-state index contributed by atoms with van der Waals surface area (Å²) in [5, 5.41) is 3.37. The van der Waals surface area contributed by atoms with Crippen LogP contribution in [0, 0.1) is 6.92 Å². The highest BCUT2D eigenvalue weighted by Crippen LogP contribution is 2.32. The molecule has 0 atom stereocenters. The van der Waals surface area contributed by atoms with Gasteiger partial charge in [-0.15, -0.1) is 0 Å². The van der Waals surface area contributed by atoms with Crippen molar-refractivity contribution in [3.05, 3.63) is 23.3 Å². The van der Waals surface area contributed by atoms with Gasteiger partial charge in [0.25, 0.3) is 0 Å². The van der Waals surface area contributed by atoms with Crippen LogP contribution in [0.1, 0.15) is 11.1 Å². The lowest BCUT2D eigenvalue weighted by Crippen LogP contribution is -2.42. The highest BCUT2D eigenvalue weighted by molar-refractivity contribution is 5.48. The molecule has 4 nitrogen and oxygen atoms in total. The van der Waals surface area contributed by atoms with E-state index in [9.17, 15) is 0 Å². The molecule has 0 aromatic heterocycles. The van der Waals surface area contributed by atoms with Crippen molar-refractivity contribution in [1.29, 1.82) is 0 Å². The average Bonchev–Trinajstić information content (AvgIpc) is 2.39. The van der Waals surface area contributed by atoms with Crippen LogP contribution in [0.4, 0.5) is 0 Å². The fourth-order valence-electron chi connectivity index (χ4n) is 2.45. The third-order valence-corrected chi connectivity index (χ3v) is 3.34. The van der Waals surface area contributed by atoms with Gasteiger partial charge in [-0.25, -0.2) is 0 Å². The Kier molecular flexibility index (Phi) is 4.44. The Morgan fingerprint density at radius 3 is 2.50 bits per heavy atom. The van der Waals surface area contributed by atoms with Crippen LogP contribution in [-0.4, -0.2) is 45.3 Å². The Hall–Kier alpha value is -1.26. The predicted molar refractivity (Wildman–Crippen MR) is 72.4 cm³/mol. The second-order valence-corrected chi connectivity index (χ2v) is 4.67. The molecule has 0 spiro atoms. The summed E-state index contributed by atoms with van der Waals surface area (Å²) >= 11 is 0. The number of hydrogen-bond acceptors (Lipinski definition) is 4. The van der Waals surface area contributed by atoms with E-state index in [1.165, 1.54) is 5.56 Å². The van der Waals surface area contributed by atoms with E-state index < -0.39 is 0 Å². The van der Waals surface area contributed by atoms with Gasteiger partial charge in [-0.05, 0) is 24.1 Å². The van der Waals surface area contributed by atoms with E-state index in [1.54, 1.807) is 14.2 Å². The normalized spacial score (nSPS) is 16.6. The molecule has 2 rings (SSSR count). The smallest absolute Gasteiger partial charge is 0.163 e. The SMILES string of the molecule is COc1cc(CN2CCNCC2)cc(C)c1OC. The molecule has 1 aromatic rings. The molecular formula is C14H22N2O2. The maximum absolute atomic E-state index is 5.39. The van der Waals surface area contributed by atoms with Crippen LogP contribution < -0.4 is 14.8 Å². The minimum absolute atomic E-state index is 0.822. The zero-order valence-electron chi connectivity index (χ0n) is 11.5. The molecule has 1 saturated heterocycles. The molecule has 0 unspecified atom stereocenters. The molecular weight excluding hydrogens is 228 g/mol. The van der Waals surface area contributed by atoms with E-state index >= 15 is 0 Å². The second kappa shape index (κ2) is 6.07. The first-order chi connectivity index (χ1) is 8.74. The number of piperazine rings is 1. The van der Waals surface area contributed by atoms with Gasteiger partial charge in [0.15, 0.2) is 11.5 Å². The zero-order chi connectivity index (χ0) is 13.0. The number of methoxy groups -OCH3 is 2. The minimum atomic E-state index is 0.822. The van der Waals surface area contributed by atoms with Crippen molar-refractivity contribution in [2.45, 2.75) is 13.5 Å². The molecule has 0 bridgehead atoms. The lowest BCUT2D eigenvalue weighted by molar-refractivity contribution is 0.232. The van der Waals surface area contributed by atoms with Gasteiger partial charge in [-0.2, -0.15) is 0 Å². The second-order valence-electron chi connectivity index (χ2n) is 4.67. The molecule has 1 N–H and O–H groups in total. The van der Waals surface area contributed by atoms with Crippen molar-refractivity contribution in [3.63, 3.8) is 0 Å². The Labute approximate surface area is 109 Å². The van der Waals surface area contributed by atoms with Crippen LogP contribution in [0.2, 0.25) is 0 Å².